The maximum absolute atomic E-state index is 12.9. The van der Waals surface area contributed by atoms with E-state index in [0.717, 1.165) is 5.56 Å². The van der Waals surface area contributed by atoms with Crippen LogP contribution in [0.15, 0.2) is 29.8 Å². The highest BCUT2D eigenvalue weighted by Crippen LogP contribution is 2.18. The average Bonchev–Trinajstić information content (AvgIpc) is 2.36. The van der Waals surface area contributed by atoms with Crippen molar-refractivity contribution in [3.05, 3.63) is 41.2 Å². The summed E-state index contributed by atoms with van der Waals surface area (Å²) in [6.45, 7) is 3.89. The summed E-state index contributed by atoms with van der Waals surface area (Å²) in [7, 11) is 1.34. The smallest absolute Gasteiger partial charge is 0.333 e. The molecule has 0 N–H and O–H groups in total. The molecule has 0 atom stereocenters. The van der Waals surface area contributed by atoms with Gasteiger partial charge in [0.1, 0.15) is 18.2 Å². The maximum Gasteiger partial charge on any atom is 0.333 e. The van der Waals surface area contributed by atoms with Gasteiger partial charge in [0.05, 0.1) is 7.11 Å². The normalized spacial score (nSPS) is 11.2. The van der Waals surface area contributed by atoms with Crippen LogP contribution in [0.4, 0.5) is 4.39 Å². The Morgan fingerprint density at radius 3 is 2.72 bits per heavy atom. The van der Waals surface area contributed by atoms with Gasteiger partial charge in [0.25, 0.3) is 0 Å². The number of methoxy groups -OCH3 is 1. The highest BCUT2D eigenvalue weighted by molar-refractivity contribution is 5.88. The SMILES string of the molecule is CC/C(=C/COc1ccc(F)cc1C)C(=O)OC. The molecule has 4 heteroatoms. The molecule has 98 valence electrons. The number of hydrogen-bond donors (Lipinski definition) is 0. The molecule has 0 aliphatic heterocycles. The first-order valence-electron chi connectivity index (χ1n) is 5.74. The summed E-state index contributed by atoms with van der Waals surface area (Å²) in [6, 6.07) is 4.31. The second-order valence-electron chi connectivity index (χ2n) is 3.80. The van der Waals surface area contributed by atoms with Crippen LogP contribution in [0.5, 0.6) is 5.75 Å². The van der Waals surface area contributed by atoms with Crippen LogP contribution >= 0.6 is 0 Å². The first-order chi connectivity index (χ1) is 8.58. The molecule has 3 nitrogen and oxygen atoms in total. The van der Waals surface area contributed by atoms with E-state index in [1.54, 1.807) is 19.1 Å². The Labute approximate surface area is 106 Å². The molecule has 0 aromatic heterocycles. The number of ether oxygens (including phenoxy) is 2. The van der Waals surface area contributed by atoms with Gasteiger partial charge in [0.15, 0.2) is 0 Å². The van der Waals surface area contributed by atoms with Crippen molar-refractivity contribution in [1.29, 1.82) is 0 Å². The predicted octanol–water partition coefficient (Wildman–Crippen LogP) is 3.02. The number of halogens is 1. The third-order valence-corrected chi connectivity index (χ3v) is 2.53. The molecule has 18 heavy (non-hydrogen) atoms. The lowest BCUT2D eigenvalue weighted by molar-refractivity contribution is -0.136. The van der Waals surface area contributed by atoms with E-state index >= 15 is 0 Å². The highest BCUT2D eigenvalue weighted by atomic mass is 19.1. The van der Waals surface area contributed by atoms with Gasteiger partial charge < -0.3 is 9.47 Å². The minimum Gasteiger partial charge on any atom is -0.489 e. The summed E-state index contributed by atoms with van der Waals surface area (Å²) < 4.78 is 23.0. The minimum atomic E-state index is -0.350. The van der Waals surface area contributed by atoms with E-state index in [-0.39, 0.29) is 18.4 Å². The molecular weight excluding hydrogens is 235 g/mol. The first kappa shape index (κ1) is 14.2. The fraction of sp³-hybridized carbons (Fsp3) is 0.357. The molecule has 0 radical (unpaired) electrons. The van der Waals surface area contributed by atoms with Crippen molar-refractivity contribution in [3.8, 4) is 5.75 Å². The van der Waals surface area contributed by atoms with E-state index in [2.05, 4.69) is 4.74 Å². The molecule has 0 spiro atoms. The standard InChI is InChI=1S/C14H17FO3/c1-4-11(14(16)17-3)7-8-18-13-6-5-12(15)9-10(13)2/h5-7,9H,4,8H2,1-3H3/b11-7-. The number of aryl methyl sites for hydroxylation is 1. The largest absolute Gasteiger partial charge is 0.489 e. The Morgan fingerprint density at radius 2 is 2.17 bits per heavy atom. The number of esters is 1. The second-order valence-corrected chi connectivity index (χ2v) is 3.80. The van der Waals surface area contributed by atoms with Gasteiger partial charge in [-0.1, -0.05) is 6.92 Å². The van der Waals surface area contributed by atoms with Crippen molar-refractivity contribution < 1.29 is 18.7 Å². The zero-order chi connectivity index (χ0) is 13.5. The fourth-order valence-corrected chi connectivity index (χ4v) is 1.51. The molecule has 0 saturated carbocycles. The summed E-state index contributed by atoms with van der Waals surface area (Å²) in [5.41, 5.74) is 1.29. The van der Waals surface area contributed by atoms with Crippen molar-refractivity contribution >= 4 is 5.97 Å². The van der Waals surface area contributed by atoms with Gasteiger partial charge in [-0.15, -0.1) is 0 Å². The summed E-state index contributed by atoms with van der Waals surface area (Å²) in [6.07, 6.45) is 2.26. The average molecular weight is 252 g/mol. The summed E-state index contributed by atoms with van der Waals surface area (Å²) >= 11 is 0. The maximum atomic E-state index is 12.9. The second kappa shape index (κ2) is 6.79. The molecule has 0 amide bonds. The van der Waals surface area contributed by atoms with E-state index in [0.29, 0.717) is 17.7 Å². The molecule has 1 aromatic rings. The number of benzene rings is 1. The third kappa shape index (κ3) is 3.87. The van der Waals surface area contributed by atoms with Gasteiger partial charge in [0, 0.05) is 5.57 Å². The molecular formula is C14H17FO3. The van der Waals surface area contributed by atoms with Gasteiger partial charge in [-0.05, 0) is 43.2 Å². The van der Waals surface area contributed by atoms with Gasteiger partial charge >= 0.3 is 5.97 Å². The van der Waals surface area contributed by atoms with E-state index < -0.39 is 0 Å². The van der Waals surface area contributed by atoms with Crippen molar-refractivity contribution in [2.24, 2.45) is 0 Å². The zero-order valence-corrected chi connectivity index (χ0v) is 10.8. The third-order valence-electron chi connectivity index (χ3n) is 2.53. The molecule has 0 heterocycles. The molecule has 0 aliphatic carbocycles. The Bertz CT molecular complexity index is 452. The van der Waals surface area contributed by atoms with Crippen LogP contribution in [-0.4, -0.2) is 19.7 Å². The lowest BCUT2D eigenvalue weighted by Crippen LogP contribution is -2.06. The van der Waals surface area contributed by atoms with Crippen LogP contribution in [0.1, 0.15) is 18.9 Å². The molecule has 1 aromatic carbocycles. The summed E-state index contributed by atoms with van der Waals surface area (Å²) in [4.78, 5) is 11.3. The quantitative estimate of drug-likeness (QED) is 0.597. The monoisotopic (exact) mass is 252 g/mol. The number of carbonyl (C=O) groups is 1. The van der Waals surface area contributed by atoms with Crippen LogP contribution in [0, 0.1) is 12.7 Å². The molecule has 0 unspecified atom stereocenters. The Balaban J connectivity index is 2.65. The van der Waals surface area contributed by atoms with Crippen LogP contribution in [0.2, 0.25) is 0 Å². The van der Waals surface area contributed by atoms with Gasteiger partial charge in [-0.25, -0.2) is 9.18 Å². The predicted molar refractivity (Wildman–Crippen MR) is 67.0 cm³/mol. The molecule has 1 rings (SSSR count). The molecule has 0 bridgehead atoms. The Hall–Kier alpha value is -1.84. The van der Waals surface area contributed by atoms with Crippen LogP contribution < -0.4 is 4.74 Å². The fourth-order valence-electron chi connectivity index (χ4n) is 1.51. The molecule has 0 fully saturated rings. The first-order valence-corrected chi connectivity index (χ1v) is 5.74. The van der Waals surface area contributed by atoms with Gasteiger partial charge in [-0.3, -0.25) is 0 Å². The number of carbonyl (C=O) groups excluding carboxylic acids is 1. The van der Waals surface area contributed by atoms with E-state index in [4.69, 9.17) is 4.74 Å². The summed E-state index contributed by atoms with van der Waals surface area (Å²) in [5, 5.41) is 0. The highest BCUT2D eigenvalue weighted by Gasteiger charge is 2.06. The van der Waals surface area contributed by atoms with Gasteiger partial charge in [0.2, 0.25) is 0 Å². The van der Waals surface area contributed by atoms with Crippen LogP contribution in [-0.2, 0) is 9.53 Å². The summed E-state index contributed by atoms with van der Waals surface area (Å²) in [5.74, 6) is -0.0379. The molecule has 0 saturated heterocycles. The number of hydrogen-bond acceptors (Lipinski definition) is 3. The van der Waals surface area contributed by atoms with Crippen molar-refractivity contribution in [3.63, 3.8) is 0 Å². The van der Waals surface area contributed by atoms with Gasteiger partial charge in [-0.2, -0.15) is 0 Å². The van der Waals surface area contributed by atoms with Crippen molar-refractivity contribution in [2.45, 2.75) is 20.3 Å². The minimum absolute atomic E-state index is 0.255. The Morgan fingerprint density at radius 1 is 1.44 bits per heavy atom. The topological polar surface area (TPSA) is 35.5 Å². The van der Waals surface area contributed by atoms with E-state index in [9.17, 15) is 9.18 Å². The Kier molecular flexibility index (Phi) is 5.36. The van der Waals surface area contributed by atoms with E-state index in [1.165, 1.54) is 19.2 Å². The lowest BCUT2D eigenvalue weighted by Gasteiger charge is -2.08. The number of rotatable bonds is 5. The zero-order valence-electron chi connectivity index (χ0n) is 10.8. The van der Waals surface area contributed by atoms with Crippen molar-refractivity contribution in [2.75, 3.05) is 13.7 Å². The molecule has 0 aliphatic rings. The lowest BCUT2D eigenvalue weighted by atomic mass is 10.2. The van der Waals surface area contributed by atoms with Crippen molar-refractivity contribution in [1.82, 2.24) is 0 Å². The van der Waals surface area contributed by atoms with E-state index in [1.807, 2.05) is 6.92 Å². The van der Waals surface area contributed by atoms with Crippen LogP contribution in [0.3, 0.4) is 0 Å². The van der Waals surface area contributed by atoms with Crippen LogP contribution in [0.25, 0.3) is 0 Å².